The zero-order valence-corrected chi connectivity index (χ0v) is 25.3. The number of rotatable bonds is 9. The highest BCUT2D eigenvalue weighted by molar-refractivity contribution is 7.83. The first kappa shape index (κ1) is 32.5. The summed E-state index contributed by atoms with van der Waals surface area (Å²) in [6, 6.07) is 7.66. The number of allylic oxidation sites excluding steroid dienone is 1. The Hall–Kier alpha value is -3.02. The number of hydrogen-bond donors (Lipinski definition) is 2. The van der Waals surface area contributed by atoms with Crippen molar-refractivity contribution in [2.45, 2.75) is 76.7 Å². The van der Waals surface area contributed by atoms with Gasteiger partial charge in [-0.15, -0.1) is 5.10 Å². The number of nitrogens with zero attached hydrogens (tertiary/aromatic N) is 6. The van der Waals surface area contributed by atoms with E-state index in [1.54, 1.807) is 11.6 Å². The molecular weight excluding hydrogens is 546 g/mol. The molecule has 4 rings (SSSR count). The van der Waals surface area contributed by atoms with Gasteiger partial charge in [0.2, 0.25) is 12.4 Å². The molecule has 3 atom stereocenters. The molecule has 0 saturated carbocycles. The summed E-state index contributed by atoms with van der Waals surface area (Å²) in [6.45, 7) is 12.4. The van der Waals surface area contributed by atoms with E-state index in [0.29, 0.717) is 25.3 Å². The molecule has 7 nitrogen and oxygen atoms in total. The van der Waals surface area contributed by atoms with Crippen LogP contribution in [-0.2, 0) is 6.42 Å². The zero-order chi connectivity index (χ0) is 30.3. The molecule has 0 spiro atoms. The Morgan fingerprint density at radius 2 is 2.02 bits per heavy atom. The van der Waals surface area contributed by atoms with E-state index in [2.05, 4.69) is 45.9 Å². The molecule has 1 fully saturated rings. The second-order valence-electron chi connectivity index (χ2n) is 10.5. The van der Waals surface area contributed by atoms with Gasteiger partial charge in [-0.05, 0) is 60.2 Å². The molecule has 0 aliphatic carbocycles. The van der Waals surface area contributed by atoms with Crippen LogP contribution in [-0.4, -0.2) is 70.8 Å². The third kappa shape index (κ3) is 8.74. The second kappa shape index (κ2) is 14.2. The molecule has 1 aliphatic rings. The number of hydrogen-bond acceptors (Lipinski definition) is 7. The van der Waals surface area contributed by atoms with Crippen molar-refractivity contribution in [2.75, 3.05) is 25.5 Å². The molecule has 3 unspecified atom stereocenters. The van der Waals surface area contributed by atoms with Crippen LogP contribution in [0, 0.1) is 6.92 Å². The van der Waals surface area contributed by atoms with Crippen LogP contribution in [0.2, 0.25) is 0 Å². The number of benzene rings is 1. The van der Waals surface area contributed by atoms with Crippen molar-refractivity contribution in [1.82, 2.24) is 19.5 Å². The highest BCUT2D eigenvalue weighted by Gasteiger charge is 2.30. The minimum atomic E-state index is -2.12. The van der Waals surface area contributed by atoms with E-state index in [1.165, 1.54) is 6.92 Å². The van der Waals surface area contributed by atoms with E-state index in [9.17, 15) is 8.78 Å². The van der Waals surface area contributed by atoms with E-state index in [1.807, 2.05) is 50.1 Å². The molecule has 3 heterocycles. The van der Waals surface area contributed by atoms with Gasteiger partial charge in [0.25, 0.3) is 0 Å². The Kier molecular flexibility index (Phi) is 11.3. The van der Waals surface area contributed by atoms with Gasteiger partial charge in [-0.3, -0.25) is 0 Å². The summed E-state index contributed by atoms with van der Waals surface area (Å²) in [5.74, 6) is 0.377. The van der Waals surface area contributed by atoms with Crippen LogP contribution in [0.4, 0.5) is 24.8 Å². The maximum Gasteiger partial charge on any atom is 0.241 e. The molecule has 2 aromatic heterocycles. The lowest BCUT2D eigenvalue weighted by Gasteiger charge is -2.37. The van der Waals surface area contributed by atoms with E-state index in [-0.39, 0.29) is 12.5 Å². The summed E-state index contributed by atoms with van der Waals surface area (Å²) in [7, 11) is 7.94. The molecule has 3 aromatic rings. The lowest BCUT2D eigenvalue weighted by atomic mass is 9.83. The standard InChI is InChI=1S/C26H33BFN7S.C3H6F2/c1-6-17(3)34-11-10-22(20(28)15-34)30-25-31-23(14-26(4,27)36)24-19(9-12-35(24)33-25)18-7-8-21(32-29-5)16(2)13-18;1-2-3(4)5/h7-9,12-13,20,22,36H,3,6,10-11,14-15H2,1-2,4-5H3,(H,30,33);3H,2H2,1H3. The van der Waals surface area contributed by atoms with Gasteiger partial charge in [0.1, 0.15) is 6.17 Å². The predicted octanol–water partition coefficient (Wildman–Crippen LogP) is 7.18. The fourth-order valence-corrected chi connectivity index (χ4v) is 4.79. The van der Waals surface area contributed by atoms with Gasteiger partial charge < -0.3 is 10.2 Å². The van der Waals surface area contributed by atoms with Crippen molar-refractivity contribution in [3.05, 3.63) is 54.0 Å². The first-order chi connectivity index (χ1) is 19.4. The summed E-state index contributed by atoms with van der Waals surface area (Å²) in [5, 5.41) is 16.0. The predicted molar refractivity (Wildman–Crippen MR) is 165 cm³/mol. The number of aryl methyl sites for hydroxylation is 1. The molecule has 220 valence electrons. The minimum absolute atomic E-state index is 0.0278. The van der Waals surface area contributed by atoms with E-state index < -0.39 is 17.2 Å². The van der Waals surface area contributed by atoms with Crippen LogP contribution in [0.3, 0.4) is 0 Å². The largest absolute Gasteiger partial charge is 0.372 e. The fourth-order valence-electron chi connectivity index (χ4n) is 4.64. The van der Waals surface area contributed by atoms with Crippen molar-refractivity contribution in [3.8, 4) is 11.1 Å². The Labute approximate surface area is 247 Å². The smallest absolute Gasteiger partial charge is 0.241 e. The SMILES string of the molecule is CCC(F)F.[B]C(C)(S)Cc1nc(NC2CCN(C(=C)CC)CC2F)nn2ccc(-c3ccc(N=NC)c(C)c3)c12. The number of anilines is 1. The summed E-state index contributed by atoms with van der Waals surface area (Å²) in [6.07, 6.45) is 0.546. The van der Waals surface area contributed by atoms with Crippen LogP contribution in [0.1, 0.15) is 51.3 Å². The lowest BCUT2D eigenvalue weighted by Crippen LogP contribution is -2.47. The highest BCUT2D eigenvalue weighted by atomic mass is 32.1. The van der Waals surface area contributed by atoms with Crippen molar-refractivity contribution >= 4 is 37.6 Å². The van der Waals surface area contributed by atoms with Crippen LogP contribution in [0.5, 0.6) is 0 Å². The molecule has 0 amide bonds. The molecule has 12 heteroatoms. The molecular formula is C29H39BF3N7S. The average Bonchev–Trinajstić information content (AvgIpc) is 3.34. The summed E-state index contributed by atoms with van der Waals surface area (Å²) < 4.78 is 37.6. The molecule has 1 saturated heterocycles. The maximum atomic E-state index is 15.1. The monoisotopic (exact) mass is 585 g/mol. The molecule has 41 heavy (non-hydrogen) atoms. The van der Waals surface area contributed by atoms with Crippen molar-refractivity contribution in [3.63, 3.8) is 0 Å². The van der Waals surface area contributed by atoms with Crippen molar-refractivity contribution < 1.29 is 13.2 Å². The van der Waals surface area contributed by atoms with E-state index >= 15 is 4.39 Å². The first-order valence-corrected chi connectivity index (χ1v) is 14.2. The first-order valence-electron chi connectivity index (χ1n) is 13.8. The van der Waals surface area contributed by atoms with E-state index in [0.717, 1.165) is 52.3 Å². The number of aromatic nitrogens is 3. The van der Waals surface area contributed by atoms with Gasteiger partial charge >= 0.3 is 0 Å². The van der Waals surface area contributed by atoms with Crippen molar-refractivity contribution in [2.24, 2.45) is 10.2 Å². The van der Waals surface area contributed by atoms with Crippen LogP contribution in [0.15, 0.2) is 53.0 Å². The Bertz CT molecular complexity index is 1360. The number of halogens is 3. The third-order valence-corrected chi connectivity index (χ3v) is 7.00. The Balaban J connectivity index is 0.000000850. The number of azo groups is 1. The van der Waals surface area contributed by atoms with Gasteiger partial charge in [0, 0.05) is 37.5 Å². The van der Waals surface area contributed by atoms with Crippen LogP contribution < -0.4 is 5.32 Å². The molecule has 0 bridgehead atoms. The topological polar surface area (TPSA) is 70.2 Å². The Morgan fingerprint density at radius 3 is 2.59 bits per heavy atom. The number of thiol groups is 1. The number of likely N-dealkylation sites (tertiary alicyclic amines) is 1. The number of alkyl halides is 3. The second-order valence-corrected chi connectivity index (χ2v) is 11.5. The zero-order valence-electron chi connectivity index (χ0n) is 24.4. The summed E-state index contributed by atoms with van der Waals surface area (Å²) in [5.41, 5.74) is 6.39. The lowest BCUT2D eigenvalue weighted by molar-refractivity contribution is 0.144. The van der Waals surface area contributed by atoms with Gasteiger partial charge in [-0.1, -0.05) is 33.4 Å². The third-order valence-electron chi connectivity index (χ3n) is 6.84. The molecule has 1 aliphatic heterocycles. The molecule has 1 N–H and O–H groups in total. The number of piperidine rings is 1. The van der Waals surface area contributed by atoms with Crippen LogP contribution in [0.25, 0.3) is 16.6 Å². The van der Waals surface area contributed by atoms with Gasteiger partial charge in [-0.2, -0.15) is 22.9 Å². The molecule has 1 aromatic carbocycles. The number of nitrogens with one attached hydrogen (secondary N) is 1. The van der Waals surface area contributed by atoms with Gasteiger partial charge in [-0.25, -0.2) is 22.7 Å². The summed E-state index contributed by atoms with van der Waals surface area (Å²) >= 11 is 4.56. The highest BCUT2D eigenvalue weighted by Crippen LogP contribution is 2.33. The van der Waals surface area contributed by atoms with Crippen LogP contribution >= 0.6 is 12.6 Å². The average molecular weight is 586 g/mol. The van der Waals surface area contributed by atoms with Gasteiger partial charge in [0.15, 0.2) is 0 Å². The van der Waals surface area contributed by atoms with Gasteiger partial charge in [0.05, 0.1) is 37.3 Å². The molecule has 2 radical (unpaired) electrons. The number of fused-ring (bicyclic) bond motifs is 1. The Morgan fingerprint density at radius 1 is 1.32 bits per heavy atom. The normalized spacial score (nSPS) is 18.8. The quantitative estimate of drug-likeness (QED) is 0.159. The summed E-state index contributed by atoms with van der Waals surface area (Å²) in [4.78, 5) is 6.83. The maximum absolute atomic E-state index is 15.1. The van der Waals surface area contributed by atoms with Crippen molar-refractivity contribution in [1.29, 1.82) is 0 Å². The van der Waals surface area contributed by atoms with E-state index in [4.69, 9.17) is 12.8 Å². The fraction of sp³-hybridized carbons (Fsp3) is 0.517. The minimum Gasteiger partial charge on any atom is -0.372 e.